The highest BCUT2D eigenvalue weighted by Crippen LogP contribution is 2.07. The molecule has 0 aliphatic carbocycles. The summed E-state index contributed by atoms with van der Waals surface area (Å²) >= 11 is 0. The average molecular weight is 187 g/mol. The second kappa shape index (κ2) is 3.22. The van der Waals surface area contributed by atoms with Crippen molar-refractivity contribution in [3.8, 4) is 0 Å². The van der Waals surface area contributed by atoms with E-state index in [1.54, 1.807) is 24.3 Å². The standard InChI is InChI=1S/C7H10N2O2S/c1-6-2-4-7(5-3-6)12(10,11)9-8/h2-5,9H,8H2,1H3/p+1. The van der Waals surface area contributed by atoms with E-state index in [1.807, 2.05) is 11.8 Å². The SMILES string of the molecule is Cc1ccc(S(=O)(=O)N[NH3+])cc1. The molecule has 1 rings (SSSR count). The van der Waals surface area contributed by atoms with Gasteiger partial charge in [-0.05, 0) is 19.1 Å². The number of benzene rings is 1. The monoisotopic (exact) mass is 187 g/mol. The topological polar surface area (TPSA) is 73.8 Å². The van der Waals surface area contributed by atoms with E-state index in [1.165, 1.54) is 0 Å². The molecule has 0 aliphatic heterocycles. The van der Waals surface area contributed by atoms with Gasteiger partial charge in [-0.2, -0.15) is 0 Å². The lowest BCUT2D eigenvalue weighted by Gasteiger charge is -1.99. The normalized spacial score (nSPS) is 11.5. The van der Waals surface area contributed by atoms with Crippen LogP contribution in [0.1, 0.15) is 5.56 Å². The number of sulfonamides is 1. The van der Waals surface area contributed by atoms with Crippen LogP contribution in [0.4, 0.5) is 0 Å². The lowest BCUT2D eigenvalue weighted by atomic mass is 10.2. The van der Waals surface area contributed by atoms with Crippen LogP contribution < -0.4 is 10.7 Å². The highest BCUT2D eigenvalue weighted by atomic mass is 32.2. The van der Waals surface area contributed by atoms with Gasteiger partial charge in [0.2, 0.25) is 0 Å². The molecule has 66 valence electrons. The molecule has 0 saturated carbocycles. The Morgan fingerprint density at radius 2 is 1.75 bits per heavy atom. The Bertz CT molecular complexity index is 355. The van der Waals surface area contributed by atoms with E-state index >= 15 is 0 Å². The van der Waals surface area contributed by atoms with Gasteiger partial charge >= 0.3 is 0 Å². The number of rotatable bonds is 2. The van der Waals surface area contributed by atoms with Crippen molar-refractivity contribution in [2.75, 3.05) is 0 Å². The fourth-order valence-electron chi connectivity index (χ4n) is 0.801. The number of hydrogen-bond donors (Lipinski definition) is 2. The lowest BCUT2D eigenvalue weighted by Crippen LogP contribution is -2.66. The van der Waals surface area contributed by atoms with Crippen molar-refractivity contribution in [3.05, 3.63) is 29.8 Å². The quantitative estimate of drug-likeness (QED) is 0.608. The minimum Gasteiger partial charge on any atom is -0.266 e. The van der Waals surface area contributed by atoms with Crippen LogP contribution in [-0.2, 0) is 10.0 Å². The van der Waals surface area contributed by atoms with Gasteiger partial charge in [-0.1, -0.05) is 22.5 Å². The predicted octanol–water partition coefficient (Wildman–Crippen LogP) is -0.570. The van der Waals surface area contributed by atoms with E-state index in [9.17, 15) is 8.42 Å². The Balaban J connectivity index is 3.14. The van der Waals surface area contributed by atoms with Gasteiger partial charge in [0.05, 0.1) is 4.90 Å². The molecule has 4 nitrogen and oxygen atoms in total. The first-order valence-electron chi connectivity index (χ1n) is 3.42. The Labute approximate surface area is 71.4 Å². The summed E-state index contributed by atoms with van der Waals surface area (Å²) in [5, 5.41) is 0. The fraction of sp³-hybridized carbons (Fsp3) is 0.143. The average Bonchev–Trinajstić information content (AvgIpc) is 2.05. The molecule has 12 heavy (non-hydrogen) atoms. The van der Waals surface area contributed by atoms with E-state index in [0.717, 1.165) is 5.56 Å². The third-order valence-electron chi connectivity index (χ3n) is 1.52. The van der Waals surface area contributed by atoms with Crippen LogP contribution in [0.2, 0.25) is 0 Å². The van der Waals surface area contributed by atoms with Crippen molar-refractivity contribution in [2.24, 2.45) is 0 Å². The van der Waals surface area contributed by atoms with Crippen LogP contribution in [0.15, 0.2) is 29.2 Å². The van der Waals surface area contributed by atoms with Crippen molar-refractivity contribution in [1.29, 1.82) is 0 Å². The second-order valence-electron chi connectivity index (χ2n) is 2.46. The third kappa shape index (κ3) is 1.82. The van der Waals surface area contributed by atoms with Gasteiger partial charge in [0.25, 0.3) is 10.0 Å². The summed E-state index contributed by atoms with van der Waals surface area (Å²) < 4.78 is 22.3. The van der Waals surface area contributed by atoms with Gasteiger partial charge < -0.3 is 0 Å². The summed E-state index contributed by atoms with van der Waals surface area (Å²) in [6.45, 7) is 1.90. The molecular weight excluding hydrogens is 176 g/mol. The highest BCUT2D eigenvalue weighted by Gasteiger charge is 2.11. The summed E-state index contributed by atoms with van der Waals surface area (Å²) in [4.78, 5) is 2.24. The molecule has 0 radical (unpaired) electrons. The van der Waals surface area contributed by atoms with Crippen LogP contribution in [-0.4, -0.2) is 8.42 Å². The number of nitrogens with one attached hydrogen (secondary N) is 1. The van der Waals surface area contributed by atoms with Crippen LogP contribution in [0.3, 0.4) is 0 Å². The first-order chi connectivity index (χ1) is 5.56. The Kier molecular flexibility index (Phi) is 2.46. The van der Waals surface area contributed by atoms with Crippen LogP contribution >= 0.6 is 0 Å². The molecule has 0 heterocycles. The molecule has 0 amide bonds. The maximum atomic E-state index is 11.1. The summed E-state index contributed by atoms with van der Waals surface area (Å²) in [6, 6.07) is 6.57. The van der Waals surface area contributed by atoms with Crippen molar-refractivity contribution in [1.82, 2.24) is 4.83 Å². The van der Waals surface area contributed by atoms with Crippen LogP contribution in [0.5, 0.6) is 0 Å². The molecule has 0 aliphatic rings. The number of quaternary nitrogens is 1. The van der Waals surface area contributed by atoms with Gasteiger partial charge in [-0.25, -0.2) is 8.42 Å². The molecule has 1 aromatic rings. The largest absolute Gasteiger partial charge is 0.282 e. The Morgan fingerprint density at radius 3 is 2.17 bits per heavy atom. The van der Waals surface area contributed by atoms with Crippen molar-refractivity contribution in [2.45, 2.75) is 11.8 Å². The highest BCUT2D eigenvalue weighted by molar-refractivity contribution is 7.89. The summed E-state index contributed by atoms with van der Waals surface area (Å²) in [5.74, 6) is 3.12. The number of hydrogen-bond acceptors (Lipinski definition) is 2. The minimum atomic E-state index is -3.38. The van der Waals surface area contributed by atoms with Gasteiger partial charge in [-0.15, -0.1) is 0 Å². The molecule has 0 spiro atoms. The number of aryl methyl sites for hydroxylation is 1. The van der Waals surface area contributed by atoms with Gasteiger partial charge in [0, 0.05) is 0 Å². The lowest BCUT2D eigenvalue weighted by molar-refractivity contribution is -0.411. The van der Waals surface area contributed by atoms with Crippen molar-refractivity contribution >= 4 is 10.0 Å². The van der Waals surface area contributed by atoms with E-state index < -0.39 is 10.0 Å². The predicted molar refractivity (Wildman–Crippen MR) is 44.4 cm³/mol. The first-order valence-corrected chi connectivity index (χ1v) is 4.90. The zero-order chi connectivity index (χ0) is 9.19. The van der Waals surface area contributed by atoms with Gasteiger partial charge in [0.1, 0.15) is 0 Å². The summed E-state index contributed by atoms with van der Waals surface area (Å²) in [7, 11) is -3.38. The third-order valence-corrected chi connectivity index (χ3v) is 2.79. The molecular formula is C7H11N2O2S+. The molecule has 0 fully saturated rings. The Morgan fingerprint density at radius 1 is 1.25 bits per heavy atom. The van der Waals surface area contributed by atoms with Gasteiger partial charge in [-0.3, -0.25) is 5.84 Å². The van der Waals surface area contributed by atoms with Crippen molar-refractivity contribution in [3.63, 3.8) is 0 Å². The molecule has 0 aromatic heterocycles. The molecule has 0 bridgehead atoms. The fourth-order valence-corrected chi connectivity index (χ4v) is 1.46. The zero-order valence-electron chi connectivity index (χ0n) is 6.74. The summed E-state index contributed by atoms with van der Waals surface area (Å²) in [6.07, 6.45) is 0. The maximum absolute atomic E-state index is 11.1. The molecule has 0 unspecified atom stereocenters. The van der Waals surface area contributed by atoms with E-state index in [2.05, 4.69) is 5.84 Å². The first kappa shape index (κ1) is 9.18. The molecule has 0 atom stereocenters. The molecule has 1 aromatic carbocycles. The zero-order valence-corrected chi connectivity index (χ0v) is 7.56. The van der Waals surface area contributed by atoms with Gasteiger partial charge in [0.15, 0.2) is 0 Å². The van der Waals surface area contributed by atoms with E-state index in [-0.39, 0.29) is 4.90 Å². The summed E-state index contributed by atoms with van der Waals surface area (Å²) in [5.41, 5.74) is 1.03. The molecule has 4 N–H and O–H groups in total. The second-order valence-corrected chi connectivity index (χ2v) is 4.23. The molecule has 0 saturated heterocycles. The van der Waals surface area contributed by atoms with Crippen LogP contribution in [0.25, 0.3) is 0 Å². The van der Waals surface area contributed by atoms with Crippen LogP contribution in [0, 0.1) is 6.92 Å². The van der Waals surface area contributed by atoms with E-state index in [4.69, 9.17) is 0 Å². The van der Waals surface area contributed by atoms with E-state index in [0.29, 0.717) is 0 Å². The van der Waals surface area contributed by atoms with Crippen molar-refractivity contribution < 1.29 is 14.3 Å². The Hall–Kier alpha value is -0.910. The smallest absolute Gasteiger partial charge is 0.266 e. The minimum absolute atomic E-state index is 0.239. The molecule has 5 heteroatoms. The maximum Gasteiger partial charge on any atom is 0.282 e.